The number of halogens is 1. The van der Waals surface area contributed by atoms with Gasteiger partial charge in [0.1, 0.15) is 11.4 Å². The molecule has 1 heterocycles. The zero-order valence-corrected chi connectivity index (χ0v) is 9.19. The molecule has 1 saturated heterocycles. The second-order valence-corrected chi connectivity index (χ2v) is 4.99. The van der Waals surface area contributed by atoms with Crippen LogP contribution in [0.15, 0.2) is 24.3 Å². The van der Waals surface area contributed by atoms with Gasteiger partial charge in [-0.1, -0.05) is 12.1 Å². The SMILES string of the molecule is OC1(c2cccc(F)c2)CCN(C2CC2)C1. The molecule has 0 radical (unpaired) electrons. The molecule has 1 aliphatic carbocycles. The topological polar surface area (TPSA) is 23.5 Å². The van der Waals surface area contributed by atoms with Gasteiger partial charge in [0.05, 0.1) is 0 Å². The van der Waals surface area contributed by atoms with Crippen molar-refractivity contribution >= 4 is 0 Å². The van der Waals surface area contributed by atoms with Crippen LogP contribution in [0.5, 0.6) is 0 Å². The van der Waals surface area contributed by atoms with E-state index in [-0.39, 0.29) is 5.82 Å². The summed E-state index contributed by atoms with van der Waals surface area (Å²) in [5, 5.41) is 10.5. The minimum atomic E-state index is -0.843. The van der Waals surface area contributed by atoms with E-state index in [0.717, 1.165) is 12.1 Å². The van der Waals surface area contributed by atoms with Gasteiger partial charge in [0.15, 0.2) is 0 Å². The van der Waals surface area contributed by atoms with E-state index in [9.17, 15) is 9.50 Å². The average Bonchev–Trinajstić information content (AvgIpc) is 3.03. The number of hydrogen-bond acceptors (Lipinski definition) is 2. The molecule has 1 saturated carbocycles. The van der Waals surface area contributed by atoms with Gasteiger partial charge in [0.25, 0.3) is 0 Å². The summed E-state index contributed by atoms with van der Waals surface area (Å²) in [5.41, 5.74) is -0.124. The lowest BCUT2D eigenvalue weighted by Gasteiger charge is -2.24. The molecule has 2 aliphatic rings. The fraction of sp³-hybridized carbons (Fsp3) is 0.538. The lowest BCUT2D eigenvalue weighted by atomic mass is 9.93. The molecule has 0 spiro atoms. The Morgan fingerprint density at radius 2 is 2.19 bits per heavy atom. The average molecular weight is 221 g/mol. The van der Waals surface area contributed by atoms with Crippen molar-refractivity contribution in [2.24, 2.45) is 0 Å². The predicted octanol–water partition coefficient (Wildman–Crippen LogP) is 1.88. The maximum atomic E-state index is 13.1. The van der Waals surface area contributed by atoms with Crippen molar-refractivity contribution in [1.82, 2.24) is 4.90 Å². The van der Waals surface area contributed by atoms with Crippen molar-refractivity contribution in [1.29, 1.82) is 0 Å². The minimum absolute atomic E-state index is 0.268. The Kier molecular flexibility index (Phi) is 2.26. The maximum absolute atomic E-state index is 13.1. The lowest BCUT2D eigenvalue weighted by Crippen LogP contribution is -2.31. The predicted molar refractivity (Wildman–Crippen MR) is 59.5 cm³/mol. The van der Waals surface area contributed by atoms with Gasteiger partial charge < -0.3 is 5.11 Å². The second kappa shape index (κ2) is 3.54. The van der Waals surface area contributed by atoms with Crippen molar-refractivity contribution < 1.29 is 9.50 Å². The van der Waals surface area contributed by atoms with Gasteiger partial charge in [-0.3, -0.25) is 4.90 Å². The van der Waals surface area contributed by atoms with Gasteiger partial charge >= 0.3 is 0 Å². The summed E-state index contributed by atoms with van der Waals surface area (Å²) in [6.07, 6.45) is 3.21. The van der Waals surface area contributed by atoms with E-state index in [1.807, 2.05) is 6.07 Å². The summed E-state index contributed by atoms with van der Waals surface area (Å²) in [6.45, 7) is 1.58. The normalized spacial score (nSPS) is 30.9. The fourth-order valence-corrected chi connectivity index (χ4v) is 2.59. The molecule has 1 aromatic carbocycles. The van der Waals surface area contributed by atoms with Gasteiger partial charge in [-0.25, -0.2) is 4.39 Å². The van der Waals surface area contributed by atoms with Crippen LogP contribution in [-0.4, -0.2) is 29.1 Å². The minimum Gasteiger partial charge on any atom is -0.384 e. The van der Waals surface area contributed by atoms with E-state index in [4.69, 9.17) is 0 Å². The van der Waals surface area contributed by atoms with Crippen LogP contribution >= 0.6 is 0 Å². The highest BCUT2D eigenvalue weighted by Crippen LogP contribution is 2.38. The Balaban J connectivity index is 1.83. The lowest BCUT2D eigenvalue weighted by molar-refractivity contribution is 0.0449. The first-order chi connectivity index (χ1) is 7.67. The number of β-amino-alcohol motifs (C(OH)–C–C–N with tert-alkyl or cyclic N) is 1. The van der Waals surface area contributed by atoms with Gasteiger partial charge in [-0.05, 0) is 37.0 Å². The fourth-order valence-electron chi connectivity index (χ4n) is 2.59. The monoisotopic (exact) mass is 221 g/mol. The van der Waals surface area contributed by atoms with Crippen LogP contribution in [-0.2, 0) is 5.60 Å². The molecule has 0 amide bonds. The molecule has 3 heteroatoms. The molecule has 0 bridgehead atoms. The Hall–Kier alpha value is -0.930. The molecular formula is C13H16FNO. The molecule has 1 atom stereocenters. The summed E-state index contributed by atoms with van der Waals surface area (Å²) in [6, 6.07) is 7.03. The number of nitrogens with zero attached hydrogens (tertiary/aromatic N) is 1. The highest BCUT2D eigenvalue weighted by molar-refractivity contribution is 5.25. The van der Waals surface area contributed by atoms with Crippen molar-refractivity contribution in [2.75, 3.05) is 13.1 Å². The third kappa shape index (κ3) is 1.74. The van der Waals surface area contributed by atoms with Gasteiger partial charge in [-0.2, -0.15) is 0 Å². The quantitative estimate of drug-likeness (QED) is 0.824. The van der Waals surface area contributed by atoms with E-state index in [0.29, 0.717) is 19.0 Å². The molecule has 2 fully saturated rings. The summed E-state index contributed by atoms with van der Waals surface area (Å²) in [5.74, 6) is -0.268. The Morgan fingerprint density at radius 3 is 2.88 bits per heavy atom. The second-order valence-electron chi connectivity index (χ2n) is 4.99. The van der Waals surface area contributed by atoms with Crippen LogP contribution < -0.4 is 0 Å². The van der Waals surface area contributed by atoms with E-state index in [1.54, 1.807) is 6.07 Å². The molecule has 2 nitrogen and oxygen atoms in total. The first-order valence-electron chi connectivity index (χ1n) is 5.90. The van der Waals surface area contributed by atoms with Crippen molar-refractivity contribution in [2.45, 2.75) is 30.9 Å². The van der Waals surface area contributed by atoms with Crippen LogP contribution in [0.1, 0.15) is 24.8 Å². The molecule has 0 aromatic heterocycles. The van der Waals surface area contributed by atoms with Crippen molar-refractivity contribution in [3.63, 3.8) is 0 Å². The molecule has 3 rings (SSSR count). The first kappa shape index (κ1) is 10.2. The number of rotatable bonds is 2. The largest absolute Gasteiger partial charge is 0.384 e. The summed E-state index contributed by atoms with van der Waals surface area (Å²) in [4.78, 5) is 2.32. The summed E-state index contributed by atoms with van der Waals surface area (Å²) >= 11 is 0. The third-order valence-electron chi connectivity index (χ3n) is 3.70. The number of likely N-dealkylation sites (tertiary alicyclic amines) is 1. The van der Waals surface area contributed by atoms with E-state index >= 15 is 0 Å². The molecule has 16 heavy (non-hydrogen) atoms. The molecule has 1 N–H and O–H groups in total. The zero-order valence-electron chi connectivity index (χ0n) is 9.19. The van der Waals surface area contributed by atoms with Crippen molar-refractivity contribution in [3.05, 3.63) is 35.6 Å². The molecule has 1 aliphatic heterocycles. The van der Waals surface area contributed by atoms with Gasteiger partial charge in [0, 0.05) is 19.1 Å². The highest BCUT2D eigenvalue weighted by atomic mass is 19.1. The number of hydrogen-bond donors (Lipinski definition) is 1. The van der Waals surface area contributed by atoms with Crippen LogP contribution in [0.4, 0.5) is 4.39 Å². The zero-order chi connectivity index (χ0) is 11.2. The number of aliphatic hydroxyl groups is 1. The van der Waals surface area contributed by atoms with E-state index in [2.05, 4.69) is 4.90 Å². The van der Waals surface area contributed by atoms with Crippen LogP contribution in [0.25, 0.3) is 0 Å². The summed E-state index contributed by atoms with van der Waals surface area (Å²) < 4.78 is 13.1. The Morgan fingerprint density at radius 1 is 1.38 bits per heavy atom. The van der Waals surface area contributed by atoms with Gasteiger partial charge in [-0.15, -0.1) is 0 Å². The molecule has 86 valence electrons. The van der Waals surface area contributed by atoms with Crippen molar-refractivity contribution in [3.8, 4) is 0 Å². The summed E-state index contributed by atoms with van der Waals surface area (Å²) in [7, 11) is 0. The van der Waals surface area contributed by atoms with E-state index < -0.39 is 5.60 Å². The van der Waals surface area contributed by atoms with Crippen LogP contribution in [0, 0.1) is 5.82 Å². The number of benzene rings is 1. The molecule has 1 aromatic rings. The standard InChI is InChI=1S/C13H16FNO/c14-11-3-1-2-10(8-11)13(16)6-7-15(9-13)12-4-5-12/h1-3,8,12,16H,4-7,9H2. The molecular weight excluding hydrogens is 205 g/mol. The molecule has 1 unspecified atom stereocenters. The Labute approximate surface area is 94.7 Å². The first-order valence-corrected chi connectivity index (χ1v) is 5.90. The Bertz CT molecular complexity index is 405. The van der Waals surface area contributed by atoms with Crippen LogP contribution in [0.3, 0.4) is 0 Å². The highest BCUT2D eigenvalue weighted by Gasteiger charge is 2.42. The van der Waals surface area contributed by atoms with E-state index in [1.165, 1.54) is 25.0 Å². The maximum Gasteiger partial charge on any atom is 0.123 e. The smallest absolute Gasteiger partial charge is 0.123 e. The third-order valence-corrected chi connectivity index (χ3v) is 3.70. The van der Waals surface area contributed by atoms with Crippen LogP contribution in [0.2, 0.25) is 0 Å². The van der Waals surface area contributed by atoms with Gasteiger partial charge in [0.2, 0.25) is 0 Å².